The van der Waals surface area contributed by atoms with Crippen LogP contribution in [0.3, 0.4) is 0 Å². The summed E-state index contributed by atoms with van der Waals surface area (Å²) in [5.41, 5.74) is 0.445. The molecule has 2 rings (SSSR count). The Balaban J connectivity index is 2.21. The van der Waals surface area contributed by atoms with E-state index in [-0.39, 0.29) is 11.9 Å². The van der Waals surface area contributed by atoms with E-state index in [0.717, 1.165) is 25.9 Å². The summed E-state index contributed by atoms with van der Waals surface area (Å²) in [4.78, 5) is 12.4. The molecule has 116 valence electrons. The summed E-state index contributed by atoms with van der Waals surface area (Å²) in [6.07, 6.45) is 2.04. The monoisotopic (exact) mass is 294 g/mol. The fraction of sp³-hybridized carbons (Fsp3) is 0.533. The topological polar surface area (TPSA) is 68.8 Å². The van der Waals surface area contributed by atoms with Crippen molar-refractivity contribution in [2.24, 2.45) is 0 Å². The zero-order valence-electron chi connectivity index (χ0n) is 12.7. The number of piperidine rings is 1. The molecular formula is C15H22N2O4. The Morgan fingerprint density at radius 1 is 1.14 bits per heavy atom. The number of carbonyl (C=O) groups is 1. The van der Waals surface area contributed by atoms with E-state index in [0.29, 0.717) is 22.8 Å². The average molecular weight is 294 g/mol. The third-order valence-electron chi connectivity index (χ3n) is 3.58. The molecule has 0 saturated carbocycles. The van der Waals surface area contributed by atoms with Gasteiger partial charge >= 0.3 is 0 Å². The van der Waals surface area contributed by atoms with E-state index in [4.69, 9.17) is 14.2 Å². The van der Waals surface area contributed by atoms with E-state index >= 15 is 0 Å². The Kier molecular flexibility index (Phi) is 5.27. The van der Waals surface area contributed by atoms with Crippen molar-refractivity contribution in [2.75, 3.05) is 34.4 Å². The fourth-order valence-electron chi connectivity index (χ4n) is 2.44. The molecule has 0 spiro atoms. The third kappa shape index (κ3) is 3.58. The zero-order chi connectivity index (χ0) is 15.2. The quantitative estimate of drug-likeness (QED) is 0.854. The predicted octanol–water partition coefficient (Wildman–Crippen LogP) is 1.19. The van der Waals surface area contributed by atoms with Crippen LogP contribution in [0.1, 0.15) is 23.2 Å². The molecule has 6 heteroatoms. The molecule has 1 aromatic rings. The molecule has 21 heavy (non-hydrogen) atoms. The standard InChI is InChI=1S/C15H22N2O4/c1-19-12-8-14(21-3)13(20-2)7-11(12)15(18)17-10-5-4-6-16-9-10/h7-8,10,16H,4-6,9H2,1-3H3,(H,17,18). The van der Waals surface area contributed by atoms with Gasteiger partial charge in [0.05, 0.1) is 26.9 Å². The number of nitrogens with one attached hydrogen (secondary N) is 2. The van der Waals surface area contributed by atoms with Gasteiger partial charge in [0.25, 0.3) is 5.91 Å². The van der Waals surface area contributed by atoms with Crippen LogP contribution in [-0.2, 0) is 0 Å². The zero-order valence-corrected chi connectivity index (χ0v) is 12.7. The molecule has 1 saturated heterocycles. The summed E-state index contributed by atoms with van der Waals surface area (Å²) < 4.78 is 15.7. The summed E-state index contributed by atoms with van der Waals surface area (Å²) in [5, 5.41) is 6.29. The van der Waals surface area contributed by atoms with Crippen molar-refractivity contribution in [3.63, 3.8) is 0 Å². The Morgan fingerprint density at radius 3 is 2.38 bits per heavy atom. The molecule has 1 unspecified atom stereocenters. The minimum absolute atomic E-state index is 0.143. The van der Waals surface area contributed by atoms with Crippen LogP contribution in [-0.4, -0.2) is 46.4 Å². The first-order valence-electron chi connectivity index (χ1n) is 7.01. The molecule has 6 nitrogen and oxygen atoms in total. The molecule has 1 atom stereocenters. The van der Waals surface area contributed by atoms with Gasteiger partial charge in [-0.1, -0.05) is 0 Å². The van der Waals surface area contributed by atoms with Gasteiger partial charge in [0.1, 0.15) is 5.75 Å². The van der Waals surface area contributed by atoms with E-state index < -0.39 is 0 Å². The van der Waals surface area contributed by atoms with Gasteiger partial charge in [-0.15, -0.1) is 0 Å². The summed E-state index contributed by atoms with van der Waals surface area (Å²) in [6.45, 7) is 1.80. The molecular weight excluding hydrogens is 272 g/mol. The highest BCUT2D eigenvalue weighted by molar-refractivity contribution is 5.98. The van der Waals surface area contributed by atoms with Crippen molar-refractivity contribution in [3.05, 3.63) is 17.7 Å². The number of hydrogen-bond donors (Lipinski definition) is 2. The summed E-state index contributed by atoms with van der Waals surface area (Å²) in [5.74, 6) is 1.34. The van der Waals surface area contributed by atoms with E-state index in [2.05, 4.69) is 10.6 Å². The first kappa shape index (κ1) is 15.4. The average Bonchev–Trinajstić information content (AvgIpc) is 2.54. The smallest absolute Gasteiger partial charge is 0.255 e. The van der Waals surface area contributed by atoms with Crippen LogP contribution in [0.2, 0.25) is 0 Å². The molecule has 0 aromatic heterocycles. The van der Waals surface area contributed by atoms with Crippen LogP contribution in [0.4, 0.5) is 0 Å². The number of hydrogen-bond acceptors (Lipinski definition) is 5. The molecule has 0 bridgehead atoms. The number of carbonyl (C=O) groups excluding carboxylic acids is 1. The van der Waals surface area contributed by atoms with Crippen LogP contribution in [0, 0.1) is 0 Å². The van der Waals surface area contributed by atoms with Gasteiger partial charge in [0.2, 0.25) is 0 Å². The second-order valence-electron chi connectivity index (χ2n) is 4.92. The van der Waals surface area contributed by atoms with Gasteiger partial charge in [-0.2, -0.15) is 0 Å². The van der Waals surface area contributed by atoms with Crippen molar-refractivity contribution in [1.29, 1.82) is 0 Å². The van der Waals surface area contributed by atoms with Crippen LogP contribution in [0.15, 0.2) is 12.1 Å². The Hall–Kier alpha value is -1.95. The maximum atomic E-state index is 12.4. The van der Waals surface area contributed by atoms with Crippen LogP contribution in [0.25, 0.3) is 0 Å². The molecule has 1 aliphatic heterocycles. The van der Waals surface area contributed by atoms with Crippen LogP contribution < -0.4 is 24.8 Å². The van der Waals surface area contributed by atoms with E-state index in [1.165, 1.54) is 14.2 Å². The third-order valence-corrected chi connectivity index (χ3v) is 3.58. The number of rotatable bonds is 5. The maximum Gasteiger partial charge on any atom is 0.255 e. The Morgan fingerprint density at radius 2 is 1.81 bits per heavy atom. The summed E-state index contributed by atoms with van der Waals surface area (Å²) >= 11 is 0. The van der Waals surface area contributed by atoms with Gasteiger partial charge in [-0.25, -0.2) is 0 Å². The molecule has 1 aliphatic rings. The molecule has 0 radical (unpaired) electrons. The number of ether oxygens (including phenoxy) is 3. The van der Waals surface area contributed by atoms with Gasteiger partial charge < -0.3 is 24.8 Å². The largest absolute Gasteiger partial charge is 0.496 e. The van der Waals surface area contributed by atoms with Crippen molar-refractivity contribution >= 4 is 5.91 Å². The lowest BCUT2D eigenvalue weighted by atomic mass is 10.1. The molecule has 1 aromatic carbocycles. The van der Waals surface area contributed by atoms with Crippen molar-refractivity contribution in [2.45, 2.75) is 18.9 Å². The lowest BCUT2D eigenvalue weighted by Gasteiger charge is -2.24. The highest BCUT2D eigenvalue weighted by atomic mass is 16.5. The highest BCUT2D eigenvalue weighted by Crippen LogP contribution is 2.34. The van der Waals surface area contributed by atoms with Gasteiger partial charge in [-0.05, 0) is 19.4 Å². The van der Waals surface area contributed by atoms with Gasteiger partial charge in [0, 0.05) is 24.7 Å². The minimum atomic E-state index is -0.165. The first-order valence-corrected chi connectivity index (χ1v) is 7.01. The molecule has 1 amide bonds. The normalized spacial score (nSPS) is 18.0. The molecule has 1 heterocycles. The Labute approximate surface area is 124 Å². The lowest BCUT2D eigenvalue weighted by Crippen LogP contribution is -2.45. The summed E-state index contributed by atoms with van der Waals surface area (Å²) in [6, 6.07) is 3.44. The molecule has 0 aliphatic carbocycles. The van der Waals surface area contributed by atoms with Crippen molar-refractivity contribution in [1.82, 2.24) is 10.6 Å². The van der Waals surface area contributed by atoms with Crippen LogP contribution >= 0.6 is 0 Å². The second kappa shape index (κ2) is 7.17. The number of benzene rings is 1. The fourth-order valence-corrected chi connectivity index (χ4v) is 2.44. The predicted molar refractivity (Wildman–Crippen MR) is 79.5 cm³/mol. The van der Waals surface area contributed by atoms with E-state index in [1.54, 1.807) is 19.2 Å². The molecule has 2 N–H and O–H groups in total. The first-order chi connectivity index (χ1) is 10.2. The van der Waals surface area contributed by atoms with Gasteiger partial charge in [0.15, 0.2) is 11.5 Å². The number of amides is 1. The summed E-state index contributed by atoms with van der Waals surface area (Å²) in [7, 11) is 4.61. The molecule has 1 fully saturated rings. The van der Waals surface area contributed by atoms with Crippen molar-refractivity contribution in [3.8, 4) is 17.2 Å². The second-order valence-corrected chi connectivity index (χ2v) is 4.92. The lowest BCUT2D eigenvalue weighted by molar-refractivity contribution is 0.0927. The van der Waals surface area contributed by atoms with Crippen LogP contribution in [0.5, 0.6) is 17.2 Å². The van der Waals surface area contributed by atoms with Crippen molar-refractivity contribution < 1.29 is 19.0 Å². The SMILES string of the molecule is COc1cc(OC)c(C(=O)NC2CCCNC2)cc1OC. The van der Waals surface area contributed by atoms with Gasteiger partial charge in [-0.3, -0.25) is 4.79 Å². The Bertz CT molecular complexity index is 499. The minimum Gasteiger partial charge on any atom is -0.496 e. The maximum absolute atomic E-state index is 12.4. The highest BCUT2D eigenvalue weighted by Gasteiger charge is 2.21. The van der Waals surface area contributed by atoms with E-state index in [1.807, 2.05) is 0 Å². The number of methoxy groups -OCH3 is 3. The van der Waals surface area contributed by atoms with E-state index in [9.17, 15) is 4.79 Å².